The summed E-state index contributed by atoms with van der Waals surface area (Å²) in [5.74, 6) is 0.970. The summed E-state index contributed by atoms with van der Waals surface area (Å²) in [7, 11) is 0. The molecule has 6 heteroatoms. The Morgan fingerprint density at radius 3 is 2.54 bits per heavy atom. The molecule has 1 amide bonds. The van der Waals surface area contributed by atoms with Gasteiger partial charge in [0.25, 0.3) is 5.91 Å². The largest absolute Gasteiger partial charge is 0.484 e. The van der Waals surface area contributed by atoms with Crippen molar-refractivity contribution in [2.45, 2.75) is 20.5 Å². The number of nitrogens with one attached hydrogen (secondary N) is 1. The SMILES string of the molecule is Cc1cccc(Cl)c1OCc1ccc(C(=O)Nc2cccc(Cl)c2C)o1. The van der Waals surface area contributed by atoms with E-state index in [0.717, 1.165) is 11.1 Å². The van der Waals surface area contributed by atoms with E-state index in [9.17, 15) is 4.79 Å². The Morgan fingerprint density at radius 1 is 1.04 bits per heavy atom. The van der Waals surface area contributed by atoms with E-state index in [1.807, 2.05) is 26.0 Å². The summed E-state index contributed by atoms with van der Waals surface area (Å²) < 4.78 is 11.3. The Balaban J connectivity index is 1.67. The van der Waals surface area contributed by atoms with Gasteiger partial charge < -0.3 is 14.5 Å². The van der Waals surface area contributed by atoms with Gasteiger partial charge in [-0.25, -0.2) is 0 Å². The Hall–Kier alpha value is -2.43. The van der Waals surface area contributed by atoms with Gasteiger partial charge in [-0.1, -0.05) is 41.4 Å². The van der Waals surface area contributed by atoms with Crippen LogP contribution in [-0.2, 0) is 6.61 Å². The third kappa shape index (κ3) is 4.03. The zero-order valence-corrected chi connectivity index (χ0v) is 15.8. The predicted molar refractivity (Wildman–Crippen MR) is 103 cm³/mol. The van der Waals surface area contributed by atoms with Gasteiger partial charge in [0, 0.05) is 10.7 Å². The highest BCUT2D eigenvalue weighted by molar-refractivity contribution is 6.32. The molecule has 3 rings (SSSR count). The fourth-order valence-corrected chi connectivity index (χ4v) is 2.90. The summed E-state index contributed by atoms with van der Waals surface area (Å²) in [4.78, 5) is 12.4. The number of aryl methyl sites for hydroxylation is 1. The lowest BCUT2D eigenvalue weighted by atomic mass is 10.2. The number of carbonyl (C=O) groups excluding carboxylic acids is 1. The van der Waals surface area contributed by atoms with Crippen molar-refractivity contribution in [2.75, 3.05) is 5.32 Å². The van der Waals surface area contributed by atoms with Gasteiger partial charge in [-0.2, -0.15) is 0 Å². The molecule has 134 valence electrons. The lowest BCUT2D eigenvalue weighted by Crippen LogP contribution is -2.12. The molecule has 0 atom stereocenters. The van der Waals surface area contributed by atoms with Crippen LogP contribution in [0.4, 0.5) is 5.69 Å². The Morgan fingerprint density at radius 2 is 1.77 bits per heavy atom. The molecule has 1 N–H and O–H groups in total. The lowest BCUT2D eigenvalue weighted by molar-refractivity contribution is 0.0992. The van der Waals surface area contributed by atoms with Gasteiger partial charge in [-0.15, -0.1) is 0 Å². The maximum Gasteiger partial charge on any atom is 0.291 e. The number of carbonyl (C=O) groups is 1. The van der Waals surface area contributed by atoms with Crippen molar-refractivity contribution in [3.05, 3.63) is 81.2 Å². The molecule has 0 aliphatic carbocycles. The summed E-state index contributed by atoms with van der Waals surface area (Å²) in [5, 5.41) is 3.92. The molecule has 0 saturated heterocycles. The van der Waals surface area contributed by atoms with E-state index >= 15 is 0 Å². The van der Waals surface area contributed by atoms with E-state index in [-0.39, 0.29) is 18.3 Å². The number of furan rings is 1. The third-order valence-electron chi connectivity index (χ3n) is 3.92. The fourth-order valence-electron chi connectivity index (χ4n) is 2.45. The first-order chi connectivity index (χ1) is 12.5. The fraction of sp³-hybridized carbons (Fsp3) is 0.150. The molecule has 1 heterocycles. The molecule has 2 aromatic carbocycles. The minimum Gasteiger partial charge on any atom is -0.484 e. The standard InChI is InChI=1S/C20H17Cl2NO3/c1-12-5-3-7-16(22)19(12)25-11-14-9-10-18(26-14)20(24)23-17-8-4-6-15(21)13(17)2/h3-10H,11H2,1-2H3,(H,23,24). The van der Waals surface area contributed by atoms with E-state index in [1.54, 1.807) is 36.4 Å². The summed E-state index contributed by atoms with van der Waals surface area (Å²) in [6.07, 6.45) is 0. The van der Waals surface area contributed by atoms with Crippen molar-refractivity contribution < 1.29 is 13.9 Å². The van der Waals surface area contributed by atoms with Gasteiger partial charge in [-0.3, -0.25) is 4.79 Å². The molecule has 0 aliphatic rings. The Kier molecular flexibility index (Phi) is 5.55. The first-order valence-corrected chi connectivity index (χ1v) is 8.74. The second-order valence-corrected chi connectivity index (χ2v) is 6.62. The number of para-hydroxylation sites is 1. The van der Waals surface area contributed by atoms with Crippen molar-refractivity contribution in [1.29, 1.82) is 0 Å². The molecule has 0 bridgehead atoms. The van der Waals surface area contributed by atoms with Crippen LogP contribution in [0.25, 0.3) is 0 Å². The number of halogens is 2. The van der Waals surface area contributed by atoms with E-state index in [2.05, 4.69) is 5.32 Å². The second kappa shape index (κ2) is 7.85. The van der Waals surface area contributed by atoms with Crippen LogP contribution in [0, 0.1) is 13.8 Å². The summed E-state index contributed by atoms with van der Waals surface area (Å²) in [6.45, 7) is 3.93. The summed E-state index contributed by atoms with van der Waals surface area (Å²) >= 11 is 12.2. The van der Waals surface area contributed by atoms with Crippen LogP contribution in [0.1, 0.15) is 27.4 Å². The molecule has 0 radical (unpaired) electrons. The van der Waals surface area contributed by atoms with Crippen molar-refractivity contribution in [3.63, 3.8) is 0 Å². The molecule has 0 unspecified atom stereocenters. The molecule has 4 nitrogen and oxygen atoms in total. The molecule has 0 spiro atoms. The number of rotatable bonds is 5. The van der Waals surface area contributed by atoms with Gasteiger partial charge in [0.05, 0.1) is 5.02 Å². The number of ether oxygens (including phenoxy) is 1. The maximum atomic E-state index is 12.4. The van der Waals surface area contributed by atoms with Crippen LogP contribution in [0.3, 0.4) is 0 Å². The number of benzene rings is 2. The molecule has 1 aromatic heterocycles. The van der Waals surface area contributed by atoms with Crippen LogP contribution in [0.15, 0.2) is 52.9 Å². The van der Waals surface area contributed by atoms with Crippen LogP contribution < -0.4 is 10.1 Å². The minimum absolute atomic E-state index is 0.175. The first-order valence-electron chi connectivity index (χ1n) is 7.99. The summed E-state index contributed by atoms with van der Waals surface area (Å²) in [5.41, 5.74) is 2.37. The van der Waals surface area contributed by atoms with E-state index < -0.39 is 0 Å². The molecular formula is C20H17Cl2NO3. The number of amides is 1. The van der Waals surface area contributed by atoms with Gasteiger partial charge in [-0.05, 0) is 55.3 Å². The van der Waals surface area contributed by atoms with Crippen LogP contribution in [0.2, 0.25) is 10.0 Å². The Bertz CT molecular complexity index is 930. The number of hydrogen-bond acceptors (Lipinski definition) is 3. The van der Waals surface area contributed by atoms with E-state index in [4.69, 9.17) is 32.4 Å². The normalized spacial score (nSPS) is 10.6. The molecule has 3 aromatic rings. The quantitative estimate of drug-likeness (QED) is 0.578. The zero-order valence-electron chi connectivity index (χ0n) is 14.3. The molecule has 0 fully saturated rings. The minimum atomic E-state index is -0.351. The average molecular weight is 390 g/mol. The monoisotopic (exact) mass is 389 g/mol. The smallest absolute Gasteiger partial charge is 0.291 e. The van der Waals surface area contributed by atoms with Gasteiger partial charge >= 0.3 is 0 Å². The average Bonchev–Trinajstić information content (AvgIpc) is 3.08. The van der Waals surface area contributed by atoms with Crippen molar-refractivity contribution in [1.82, 2.24) is 0 Å². The third-order valence-corrected chi connectivity index (χ3v) is 4.63. The predicted octanol–water partition coefficient (Wildman–Crippen LogP) is 6.03. The number of anilines is 1. The van der Waals surface area contributed by atoms with Crippen LogP contribution in [-0.4, -0.2) is 5.91 Å². The van der Waals surface area contributed by atoms with Gasteiger partial charge in [0.2, 0.25) is 0 Å². The summed E-state index contributed by atoms with van der Waals surface area (Å²) in [6, 6.07) is 14.2. The topological polar surface area (TPSA) is 51.5 Å². The van der Waals surface area contributed by atoms with Gasteiger partial charge in [0.15, 0.2) is 5.76 Å². The maximum absolute atomic E-state index is 12.4. The second-order valence-electron chi connectivity index (χ2n) is 5.81. The highest BCUT2D eigenvalue weighted by Gasteiger charge is 2.14. The molecular weight excluding hydrogens is 373 g/mol. The van der Waals surface area contributed by atoms with Crippen molar-refractivity contribution >= 4 is 34.8 Å². The number of hydrogen-bond donors (Lipinski definition) is 1. The molecule has 0 saturated carbocycles. The molecule has 0 aliphatic heterocycles. The highest BCUT2D eigenvalue weighted by atomic mass is 35.5. The zero-order chi connectivity index (χ0) is 18.7. The van der Waals surface area contributed by atoms with Crippen molar-refractivity contribution in [3.8, 4) is 5.75 Å². The molecule has 26 heavy (non-hydrogen) atoms. The van der Waals surface area contributed by atoms with Crippen molar-refractivity contribution in [2.24, 2.45) is 0 Å². The van der Waals surface area contributed by atoms with E-state index in [1.165, 1.54) is 0 Å². The van der Waals surface area contributed by atoms with Crippen LogP contribution in [0.5, 0.6) is 5.75 Å². The Labute approximate surface area is 161 Å². The highest BCUT2D eigenvalue weighted by Crippen LogP contribution is 2.29. The van der Waals surface area contributed by atoms with Gasteiger partial charge in [0.1, 0.15) is 18.1 Å². The van der Waals surface area contributed by atoms with E-state index in [0.29, 0.717) is 27.2 Å². The first kappa shape index (κ1) is 18.4. The van der Waals surface area contributed by atoms with Crippen LogP contribution >= 0.6 is 23.2 Å². The lowest BCUT2D eigenvalue weighted by Gasteiger charge is -2.09.